The normalized spacial score (nSPS) is 13.5. The van der Waals surface area contributed by atoms with E-state index < -0.39 is 60.2 Å². The molecule has 4 amide bonds. The van der Waals surface area contributed by atoms with Gasteiger partial charge < -0.3 is 37.6 Å². The minimum atomic E-state index is -1.36. The van der Waals surface area contributed by atoms with Crippen molar-refractivity contribution in [2.75, 3.05) is 6.54 Å². The first-order valence-electron chi connectivity index (χ1n) is 9.69. The summed E-state index contributed by atoms with van der Waals surface area (Å²) in [7, 11) is 0. The number of carbonyl (C=O) groups is 6. The van der Waals surface area contributed by atoms with E-state index >= 15 is 0 Å². The standard InChI is InChI=1S/C18H31N5O8/c1-9(2)7-12(23-16(28)10(19)3-6-15(26)27)17(29)21-8-14(25)22-11(18(30)31)4-5-13(20)24/h9-12H,3-8,19H2,1-2H3,(H2,20,24)(H,21,29)(H,22,25)(H,23,28)(H,26,27)(H,30,31). The summed E-state index contributed by atoms with van der Waals surface area (Å²) in [5, 5.41) is 24.7. The zero-order valence-electron chi connectivity index (χ0n) is 17.6. The van der Waals surface area contributed by atoms with Crippen LogP contribution < -0.4 is 27.4 Å². The third kappa shape index (κ3) is 12.8. The highest BCUT2D eigenvalue weighted by molar-refractivity contribution is 5.92. The van der Waals surface area contributed by atoms with Gasteiger partial charge in [0.25, 0.3) is 0 Å². The molecule has 0 aromatic rings. The molecular weight excluding hydrogens is 414 g/mol. The molecule has 0 aromatic carbocycles. The van der Waals surface area contributed by atoms with E-state index in [1.165, 1.54) is 0 Å². The van der Waals surface area contributed by atoms with E-state index in [0.717, 1.165) is 0 Å². The quantitative estimate of drug-likeness (QED) is 0.143. The second-order valence-electron chi connectivity index (χ2n) is 7.41. The van der Waals surface area contributed by atoms with Gasteiger partial charge in [0.2, 0.25) is 23.6 Å². The Balaban J connectivity index is 4.83. The maximum Gasteiger partial charge on any atom is 0.326 e. The van der Waals surface area contributed by atoms with Gasteiger partial charge in [-0.3, -0.25) is 24.0 Å². The van der Waals surface area contributed by atoms with Gasteiger partial charge in [-0.15, -0.1) is 0 Å². The molecule has 0 aliphatic heterocycles. The molecule has 0 saturated carbocycles. The fourth-order valence-electron chi connectivity index (χ4n) is 2.47. The lowest BCUT2D eigenvalue weighted by atomic mass is 10.0. The fourth-order valence-corrected chi connectivity index (χ4v) is 2.47. The number of hydrogen-bond acceptors (Lipinski definition) is 7. The summed E-state index contributed by atoms with van der Waals surface area (Å²) in [6, 6.07) is -3.50. The molecule has 13 heteroatoms. The first kappa shape index (κ1) is 27.8. The Labute approximate surface area is 179 Å². The zero-order chi connectivity index (χ0) is 24.1. The Morgan fingerprint density at radius 1 is 0.871 bits per heavy atom. The van der Waals surface area contributed by atoms with Gasteiger partial charge in [-0.05, 0) is 25.2 Å². The summed E-state index contributed by atoms with van der Waals surface area (Å²) in [6.45, 7) is 3.05. The third-order valence-electron chi connectivity index (χ3n) is 4.08. The number of amides is 4. The van der Waals surface area contributed by atoms with Gasteiger partial charge in [0.1, 0.15) is 12.1 Å². The number of nitrogens with two attached hydrogens (primary N) is 2. The van der Waals surface area contributed by atoms with Crippen molar-refractivity contribution in [1.29, 1.82) is 0 Å². The molecule has 0 saturated heterocycles. The molecule has 3 atom stereocenters. The van der Waals surface area contributed by atoms with E-state index in [1.807, 2.05) is 0 Å². The third-order valence-corrected chi connectivity index (χ3v) is 4.08. The van der Waals surface area contributed by atoms with E-state index in [2.05, 4.69) is 16.0 Å². The van der Waals surface area contributed by atoms with Crippen LogP contribution in [0.3, 0.4) is 0 Å². The van der Waals surface area contributed by atoms with Crippen molar-refractivity contribution in [2.24, 2.45) is 17.4 Å². The monoisotopic (exact) mass is 445 g/mol. The number of hydrogen-bond donors (Lipinski definition) is 7. The number of carboxylic acids is 2. The van der Waals surface area contributed by atoms with Crippen molar-refractivity contribution in [3.63, 3.8) is 0 Å². The maximum absolute atomic E-state index is 12.4. The van der Waals surface area contributed by atoms with E-state index in [0.29, 0.717) is 0 Å². The minimum Gasteiger partial charge on any atom is -0.481 e. The van der Waals surface area contributed by atoms with Gasteiger partial charge in [-0.2, -0.15) is 0 Å². The summed E-state index contributed by atoms with van der Waals surface area (Å²) in [5.41, 5.74) is 10.6. The average Bonchev–Trinajstić information content (AvgIpc) is 2.65. The smallest absolute Gasteiger partial charge is 0.326 e. The molecular formula is C18H31N5O8. The molecule has 31 heavy (non-hydrogen) atoms. The molecule has 0 heterocycles. The predicted octanol–water partition coefficient (Wildman–Crippen LogP) is -2.34. The van der Waals surface area contributed by atoms with Crippen molar-refractivity contribution in [2.45, 2.75) is 64.1 Å². The van der Waals surface area contributed by atoms with E-state index in [-0.39, 0.29) is 38.0 Å². The van der Waals surface area contributed by atoms with Gasteiger partial charge in [-0.25, -0.2) is 4.79 Å². The lowest BCUT2D eigenvalue weighted by Crippen LogP contribution is -2.53. The number of aliphatic carboxylic acids is 2. The van der Waals surface area contributed by atoms with E-state index in [1.54, 1.807) is 13.8 Å². The van der Waals surface area contributed by atoms with Crippen LogP contribution in [0.2, 0.25) is 0 Å². The molecule has 3 unspecified atom stereocenters. The Hall–Kier alpha value is -3.22. The van der Waals surface area contributed by atoms with Crippen LogP contribution in [0.1, 0.15) is 46.0 Å². The average molecular weight is 445 g/mol. The first-order chi connectivity index (χ1) is 14.3. The second-order valence-corrected chi connectivity index (χ2v) is 7.41. The lowest BCUT2D eigenvalue weighted by Gasteiger charge is -2.22. The van der Waals surface area contributed by atoms with Crippen molar-refractivity contribution in [1.82, 2.24) is 16.0 Å². The molecule has 0 aromatic heterocycles. The van der Waals surface area contributed by atoms with Crippen molar-refractivity contribution in [3.8, 4) is 0 Å². The zero-order valence-corrected chi connectivity index (χ0v) is 17.6. The van der Waals surface area contributed by atoms with Crippen LogP contribution in [-0.4, -0.2) is 70.5 Å². The molecule has 0 radical (unpaired) electrons. The number of carboxylic acid groups (broad SMARTS) is 2. The van der Waals surface area contributed by atoms with Gasteiger partial charge >= 0.3 is 11.9 Å². The van der Waals surface area contributed by atoms with Crippen LogP contribution >= 0.6 is 0 Å². The van der Waals surface area contributed by atoms with E-state index in [9.17, 15) is 28.8 Å². The molecule has 0 bridgehead atoms. The molecule has 176 valence electrons. The SMILES string of the molecule is CC(C)CC(NC(=O)C(N)CCC(=O)O)C(=O)NCC(=O)NC(CCC(N)=O)C(=O)O. The van der Waals surface area contributed by atoms with Crippen LogP contribution in [0.25, 0.3) is 0 Å². The largest absolute Gasteiger partial charge is 0.481 e. The predicted molar refractivity (Wildman–Crippen MR) is 107 cm³/mol. The Kier molecular flexibility index (Phi) is 12.5. The van der Waals surface area contributed by atoms with Crippen molar-refractivity contribution in [3.05, 3.63) is 0 Å². The summed E-state index contributed by atoms with van der Waals surface area (Å²) in [6.07, 6.45) is -0.641. The molecule has 0 fully saturated rings. The highest BCUT2D eigenvalue weighted by atomic mass is 16.4. The van der Waals surface area contributed by atoms with Crippen molar-refractivity contribution >= 4 is 35.6 Å². The van der Waals surface area contributed by atoms with Gasteiger partial charge in [-0.1, -0.05) is 13.8 Å². The molecule has 0 aliphatic carbocycles. The second kappa shape index (κ2) is 13.9. The number of nitrogens with one attached hydrogen (secondary N) is 3. The summed E-state index contributed by atoms with van der Waals surface area (Å²) >= 11 is 0. The first-order valence-corrected chi connectivity index (χ1v) is 9.69. The molecule has 0 spiro atoms. The Morgan fingerprint density at radius 3 is 1.97 bits per heavy atom. The Bertz CT molecular complexity index is 682. The molecule has 0 rings (SSSR count). The summed E-state index contributed by atoms with van der Waals surface area (Å²) in [4.78, 5) is 69.1. The minimum absolute atomic E-state index is 0.00897. The van der Waals surface area contributed by atoms with Crippen LogP contribution in [0.5, 0.6) is 0 Å². The van der Waals surface area contributed by atoms with Gasteiger partial charge in [0.15, 0.2) is 0 Å². The molecule has 13 nitrogen and oxygen atoms in total. The number of primary amides is 1. The van der Waals surface area contributed by atoms with Crippen LogP contribution in [0.15, 0.2) is 0 Å². The van der Waals surface area contributed by atoms with E-state index in [4.69, 9.17) is 21.7 Å². The maximum atomic E-state index is 12.4. The highest BCUT2D eigenvalue weighted by Gasteiger charge is 2.26. The topological polar surface area (TPSA) is 231 Å². The van der Waals surface area contributed by atoms with Crippen LogP contribution in [0, 0.1) is 5.92 Å². The highest BCUT2D eigenvalue weighted by Crippen LogP contribution is 2.06. The molecule has 9 N–H and O–H groups in total. The summed E-state index contributed by atoms with van der Waals surface area (Å²) in [5.74, 6) is -5.40. The van der Waals surface area contributed by atoms with Gasteiger partial charge in [0, 0.05) is 12.8 Å². The Morgan fingerprint density at radius 2 is 1.48 bits per heavy atom. The van der Waals surface area contributed by atoms with Crippen molar-refractivity contribution < 1.29 is 39.0 Å². The number of carbonyl (C=O) groups excluding carboxylic acids is 4. The summed E-state index contributed by atoms with van der Waals surface area (Å²) < 4.78 is 0. The molecule has 0 aliphatic rings. The number of rotatable bonds is 15. The van der Waals surface area contributed by atoms with Gasteiger partial charge in [0.05, 0.1) is 12.6 Å². The lowest BCUT2D eigenvalue weighted by molar-refractivity contribution is -0.142. The fraction of sp³-hybridized carbons (Fsp3) is 0.667. The van der Waals surface area contributed by atoms with Crippen LogP contribution in [-0.2, 0) is 28.8 Å². The van der Waals surface area contributed by atoms with Crippen LogP contribution in [0.4, 0.5) is 0 Å².